The summed E-state index contributed by atoms with van der Waals surface area (Å²) in [6.45, 7) is 1.68. The summed E-state index contributed by atoms with van der Waals surface area (Å²) in [5.41, 5.74) is 1.30. The Balaban J connectivity index is 1.69. The Labute approximate surface area is 186 Å². The Kier molecular flexibility index (Phi) is 5.59. The van der Waals surface area contributed by atoms with Crippen molar-refractivity contribution in [3.63, 3.8) is 0 Å². The van der Waals surface area contributed by atoms with E-state index in [1.807, 2.05) is 24.3 Å². The molecule has 4 rings (SSSR count). The van der Waals surface area contributed by atoms with Gasteiger partial charge in [-0.15, -0.1) is 0 Å². The van der Waals surface area contributed by atoms with Gasteiger partial charge in [-0.2, -0.15) is 5.26 Å². The van der Waals surface area contributed by atoms with Crippen molar-refractivity contribution in [2.45, 2.75) is 30.2 Å². The lowest BCUT2D eigenvalue weighted by atomic mass is 9.92. The number of carboxylic acid groups (broad SMARTS) is 1. The number of carbonyl (C=O) groups is 1. The number of benzene rings is 3. The fourth-order valence-electron chi connectivity index (χ4n) is 4.00. The molecule has 1 heterocycles. The third-order valence-electron chi connectivity index (χ3n) is 5.50. The number of ether oxygens (including phenoxy) is 1. The molecule has 3 aromatic rings. The molecule has 2 unspecified atom stereocenters. The molecule has 0 saturated carbocycles. The van der Waals surface area contributed by atoms with Gasteiger partial charge in [0.05, 0.1) is 34.7 Å². The van der Waals surface area contributed by atoms with E-state index >= 15 is 0 Å². The number of rotatable bonds is 6. The van der Waals surface area contributed by atoms with E-state index in [4.69, 9.17) is 4.74 Å². The minimum atomic E-state index is -3.98. The van der Waals surface area contributed by atoms with Gasteiger partial charge in [-0.25, -0.2) is 8.42 Å². The summed E-state index contributed by atoms with van der Waals surface area (Å²) >= 11 is 0. The molecule has 2 atom stereocenters. The molecule has 7 nitrogen and oxygen atoms in total. The lowest BCUT2D eigenvalue weighted by Crippen LogP contribution is -2.37. The van der Waals surface area contributed by atoms with E-state index < -0.39 is 28.0 Å². The second-order valence-corrected chi connectivity index (χ2v) is 9.33. The molecule has 0 saturated heterocycles. The zero-order valence-corrected chi connectivity index (χ0v) is 18.0. The molecule has 162 valence electrons. The largest absolute Gasteiger partial charge is 0.481 e. The first kappa shape index (κ1) is 21.4. The van der Waals surface area contributed by atoms with Gasteiger partial charge in [0.15, 0.2) is 0 Å². The molecule has 1 aliphatic rings. The molecule has 0 spiro atoms. The molecule has 0 aliphatic carbocycles. The number of fused-ring (bicyclic) bond motifs is 1. The first-order chi connectivity index (χ1) is 15.3. The second kappa shape index (κ2) is 8.36. The Morgan fingerprint density at radius 2 is 1.72 bits per heavy atom. The smallest absolute Gasteiger partial charge is 0.304 e. The maximum absolute atomic E-state index is 13.5. The molecular weight excluding hydrogens is 428 g/mol. The van der Waals surface area contributed by atoms with Crippen LogP contribution in [0.3, 0.4) is 0 Å². The summed E-state index contributed by atoms with van der Waals surface area (Å²) < 4.78 is 34.1. The Hall–Kier alpha value is -3.83. The van der Waals surface area contributed by atoms with Crippen molar-refractivity contribution in [3.05, 3.63) is 83.9 Å². The van der Waals surface area contributed by atoms with Crippen molar-refractivity contribution in [2.75, 3.05) is 4.31 Å². The van der Waals surface area contributed by atoms with Crippen molar-refractivity contribution in [2.24, 2.45) is 0 Å². The summed E-state index contributed by atoms with van der Waals surface area (Å²) in [6.07, 6.45) is -0.237. The zero-order valence-electron chi connectivity index (χ0n) is 17.2. The third-order valence-corrected chi connectivity index (χ3v) is 7.41. The molecule has 0 bridgehead atoms. The first-order valence-corrected chi connectivity index (χ1v) is 11.4. The average molecular weight is 449 g/mol. The van der Waals surface area contributed by atoms with Gasteiger partial charge in [-0.05, 0) is 67.1 Å². The van der Waals surface area contributed by atoms with E-state index in [2.05, 4.69) is 0 Å². The molecule has 0 amide bonds. The van der Waals surface area contributed by atoms with Gasteiger partial charge >= 0.3 is 5.97 Å². The number of nitriles is 1. The lowest BCUT2D eigenvalue weighted by Gasteiger charge is -2.26. The summed E-state index contributed by atoms with van der Waals surface area (Å²) in [5.74, 6) is -0.467. The van der Waals surface area contributed by atoms with E-state index in [-0.39, 0.29) is 11.3 Å². The van der Waals surface area contributed by atoms with Crippen LogP contribution in [0.25, 0.3) is 0 Å². The minimum absolute atomic E-state index is 0.0658. The van der Waals surface area contributed by atoms with Gasteiger partial charge in [0.25, 0.3) is 10.0 Å². The summed E-state index contributed by atoms with van der Waals surface area (Å²) in [6, 6.07) is 21.3. The highest BCUT2D eigenvalue weighted by Gasteiger charge is 2.43. The fraction of sp³-hybridized carbons (Fsp3) is 0.167. The molecule has 32 heavy (non-hydrogen) atoms. The summed E-state index contributed by atoms with van der Waals surface area (Å²) in [7, 11) is -3.98. The molecule has 0 aromatic heterocycles. The van der Waals surface area contributed by atoms with Crippen LogP contribution in [0.5, 0.6) is 11.5 Å². The van der Waals surface area contributed by atoms with Gasteiger partial charge in [-0.1, -0.05) is 18.2 Å². The van der Waals surface area contributed by atoms with E-state index in [1.54, 1.807) is 43.3 Å². The van der Waals surface area contributed by atoms with Gasteiger partial charge in [0.2, 0.25) is 0 Å². The van der Waals surface area contributed by atoms with Crippen molar-refractivity contribution in [1.82, 2.24) is 0 Å². The van der Waals surface area contributed by atoms with Gasteiger partial charge in [0.1, 0.15) is 11.5 Å². The average Bonchev–Trinajstić information content (AvgIpc) is 3.05. The number of para-hydroxylation sites is 1. The van der Waals surface area contributed by atoms with Crippen LogP contribution in [0, 0.1) is 11.3 Å². The fourth-order valence-corrected chi connectivity index (χ4v) is 5.72. The van der Waals surface area contributed by atoms with Crippen molar-refractivity contribution in [3.8, 4) is 17.6 Å². The Bertz CT molecular complexity index is 1300. The highest BCUT2D eigenvalue weighted by molar-refractivity contribution is 7.92. The normalized spacial score (nSPS) is 17.4. The van der Waals surface area contributed by atoms with Crippen LogP contribution < -0.4 is 9.04 Å². The number of aliphatic carboxylic acids is 1. The molecule has 0 radical (unpaired) electrons. The number of sulfonamides is 1. The highest BCUT2D eigenvalue weighted by atomic mass is 32.2. The van der Waals surface area contributed by atoms with Crippen LogP contribution in [0.1, 0.15) is 30.4 Å². The predicted octanol–water partition coefficient (Wildman–Crippen LogP) is 4.51. The lowest BCUT2D eigenvalue weighted by molar-refractivity contribution is -0.137. The maximum Gasteiger partial charge on any atom is 0.304 e. The third kappa shape index (κ3) is 3.90. The van der Waals surface area contributed by atoms with Crippen molar-refractivity contribution >= 4 is 21.7 Å². The topological polar surface area (TPSA) is 108 Å². The van der Waals surface area contributed by atoms with E-state index in [0.717, 1.165) is 0 Å². The monoisotopic (exact) mass is 448 g/mol. The molecule has 3 aromatic carbocycles. The number of nitrogens with zero attached hydrogens (tertiary/aromatic N) is 2. The standard InChI is InChI=1S/C24H20N2O5S/c1-16-21(14-24(27)28)22-13-17(15-25)7-12-23(22)26(16)32(29,30)20-10-8-19(9-11-20)31-18-5-3-2-4-6-18/h2-13,16,21H,14H2,1H3,(H,27,28). The summed E-state index contributed by atoms with van der Waals surface area (Å²) in [5, 5.41) is 18.6. The number of carboxylic acids is 1. The van der Waals surface area contributed by atoms with Crippen LogP contribution >= 0.6 is 0 Å². The first-order valence-electron chi connectivity index (χ1n) is 9.94. The Morgan fingerprint density at radius 3 is 2.34 bits per heavy atom. The molecule has 1 N–H and O–H groups in total. The van der Waals surface area contributed by atoms with Crippen molar-refractivity contribution < 1.29 is 23.1 Å². The van der Waals surface area contributed by atoms with Gasteiger partial charge in [-0.3, -0.25) is 9.10 Å². The highest BCUT2D eigenvalue weighted by Crippen LogP contribution is 2.46. The van der Waals surface area contributed by atoms with E-state index in [9.17, 15) is 23.6 Å². The van der Waals surface area contributed by atoms with Crippen LogP contribution in [0.4, 0.5) is 5.69 Å². The minimum Gasteiger partial charge on any atom is -0.481 e. The Morgan fingerprint density at radius 1 is 1.06 bits per heavy atom. The van der Waals surface area contributed by atoms with E-state index in [0.29, 0.717) is 28.3 Å². The van der Waals surface area contributed by atoms with E-state index in [1.165, 1.54) is 22.5 Å². The van der Waals surface area contributed by atoms with Crippen LogP contribution in [-0.4, -0.2) is 25.5 Å². The summed E-state index contributed by atoms with van der Waals surface area (Å²) in [4.78, 5) is 11.5. The van der Waals surface area contributed by atoms with Crippen molar-refractivity contribution in [1.29, 1.82) is 5.26 Å². The number of anilines is 1. The quantitative estimate of drug-likeness (QED) is 0.595. The van der Waals surface area contributed by atoms with Gasteiger partial charge < -0.3 is 9.84 Å². The molecular formula is C24H20N2O5S. The zero-order chi connectivity index (χ0) is 22.9. The molecule has 0 fully saturated rings. The SMILES string of the molecule is CC1C(CC(=O)O)c2cc(C#N)ccc2N1S(=O)(=O)c1ccc(Oc2ccccc2)cc1. The van der Waals surface area contributed by atoms with Gasteiger partial charge in [0, 0.05) is 5.92 Å². The number of hydrogen-bond acceptors (Lipinski definition) is 5. The number of hydrogen-bond donors (Lipinski definition) is 1. The van der Waals surface area contributed by atoms with Crippen LogP contribution in [0.2, 0.25) is 0 Å². The predicted molar refractivity (Wildman–Crippen MR) is 118 cm³/mol. The molecule has 8 heteroatoms. The van der Waals surface area contributed by atoms with Crippen LogP contribution in [0.15, 0.2) is 77.7 Å². The second-order valence-electron chi connectivity index (χ2n) is 7.52. The molecule has 1 aliphatic heterocycles. The maximum atomic E-state index is 13.5. The van der Waals surface area contributed by atoms with Crippen LogP contribution in [-0.2, 0) is 14.8 Å².